The molecule has 2 aromatic rings. The lowest BCUT2D eigenvalue weighted by molar-refractivity contribution is -0.144. The number of carbonyl (C=O) groups excluding carboxylic acids is 2. The van der Waals surface area contributed by atoms with Crippen molar-refractivity contribution in [3.8, 4) is 6.07 Å². The molecular formula is C34H47F3N8O3. The second kappa shape index (κ2) is 17.3. The van der Waals surface area contributed by atoms with Gasteiger partial charge in [-0.2, -0.15) is 18.4 Å². The van der Waals surface area contributed by atoms with Crippen LogP contribution in [0.4, 0.5) is 29.6 Å². The molecule has 14 heteroatoms. The Morgan fingerprint density at radius 2 is 1.62 bits per heavy atom. The van der Waals surface area contributed by atoms with E-state index in [-0.39, 0.29) is 18.1 Å². The molecule has 0 aliphatic carbocycles. The summed E-state index contributed by atoms with van der Waals surface area (Å²) in [5.74, 6) is 0.0500. The minimum Gasteiger partial charge on any atom is -0.396 e. The number of alkyl halides is 3. The van der Waals surface area contributed by atoms with Gasteiger partial charge in [0.1, 0.15) is 11.6 Å². The van der Waals surface area contributed by atoms with Crippen LogP contribution in [0.25, 0.3) is 0 Å². The number of benzene rings is 1. The molecule has 0 radical (unpaired) electrons. The maximum atomic E-state index is 13.4. The number of halogens is 3. The fourth-order valence-corrected chi connectivity index (χ4v) is 6.19. The first-order chi connectivity index (χ1) is 23.0. The number of hydrogen-bond donors (Lipinski definition) is 3. The van der Waals surface area contributed by atoms with Crippen molar-refractivity contribution in [1.29, 1.82) is 5.26 Å². The fraction of sp³-hybridized carbons (Fsp3) is 0.618. The molecule has 5 rings (SSSR count). The van der Waals surface area contributed by atoms with Gasteiger partial charge in [-0.05, 0) is 80.4 Å². The van der Waals surface area contributed by atoms with Crippen LogP contribution in [0.15, 0.2) is 30.3 Å². The molecule has 11 nitrogen and oxygen atoms in total. The van der Waals surface area contributed by atoms with Gasteiger partial charge in [-0.25, -0.2) is 14.8 Å². The van der Waals surface area contributed by atoms with Crippen molar-refractivity contribution >= 4 is 24.1 Å². The molecule has 3 saturated heterocycles. The van der Waals surface area contributed by atoms with E-state index in [9.17, 15) is 27.9 Å². The van der Waals surface area contributed by atoms with Crippen LogP contribution in [0.2, 0.25) is 0 Å². The number of likely N-dealkylation sites (tertiary alicyclic amines) is 1. The first kappa shape index (κ1) is 36.7. The van der Waals surface area contributed by atoms with E-state index in [1.54, 1.807) is 18.2 Å². The molecule has 48 heavy (non-hydrogen) atoms. The van der Waals surface area contributed by atoms with E-state index in [0.717, 1.165) is 70.0 Å². The molecular weight excluding hydrogens is 625 g/mol. The number of nitrogens with one attached hydrogen (secondary N) is 2. The molecule has 4 heterocycles. The Hall–Kier alpha value is -4.12. The second-order valence-electron chi connectivity index (χ2n) is 13.1. The Morgan fingerprint density at radius 3 is 2.17 bits per heavy atom. The average Bonchev–Trinajstić information content (AvgIpc) is 3.65. The Labute approximate surface area is 280 Å². The van der Waals surface area contributed by atoms with E-state index in [1.807, 2.05) is 39.8 Å². The Bertz CT molecular complexity index is 1360. The highest BCUT2D eigenvalue weighted by atomic mass is 19.4. The van der Waals surface area contributed by atoms with E-state index in [0.29, 0.717) is 68.8 Å². The van der Waals surface area contributed by atoms with E-state index in [2.05, 4.69) is 20.6 Å². The number of aliphatic hydroxyl groups excluding tert-OH is 1. The summed E-state index contributed by atoms with van der Waals surface area (Å²) in [6.45, 7) is 7.44. The lowest BCUT2D eigenvalue weighted by Gasteiger charge is -2.38. The first-order valence-electron chi connectivity index (χ1n) is 16.8. The third-order valence-corrected chi connectivity index (χ3v) is 9.51. The number of nitrogens with zero attached hydrogens (tertiary/aromatic N) is 6. The molecule has 3 N–H and O–H groups in total. The zero-order valence-corrected chi connectivity index (χ0v) is 27.6. The maximum absolute atomic E-state index is 13.4. The maximum Gasteiger partial charge on any atom is 0.451 e. The minimum absolute atomic E-state index is 0.0578. The van der Waals surface area contributed by atoms with Crippen LogP contribution in [0, 0.1) is 22.7 Å². The zero-order valence-electron chi connectivity index (χ0n) is 27.6. The van der Waals surface area contributed by atoms with Crippen molar-refractivity contribution in [3.05, 3.63) is 47.3 Å². The van der Waals surface area contributed by atoms with Crippen molar-refractivity contribution in [3.63, 3.8) is 0 Å². The second-order valence-corrected chi connectivity index (χ2v) is 13.1. The molecule has 0 saturated carbocycles. The van der Waals surface area contributed by atoms with Crippen LogP contribution >= 0.6 is 0 Å². The summed E-state index contributed by atoms with van der Waals surface area (Å²) in [7, 11) is 0. The predicted octanol–water partition coefficient (Wildman–Crippen LogP) is 4.35. The smallest absolute Gasteiger partial charge is 0.396 e. The van der Waals surface area contributed by atoms with Crippen molar-refractivity contribution in [2.24, 2.45) is 11.3 Å². The molecule has 0 spiro atoms. The molecule has 0 bridgehead atoms. The molecule has 3 aliphatic heterocycles. The van der Waals surface area contributed by atoms with Crippen LogP contribution in [0.1, 0.15) is 68.8 Å². The van der Waals surface area contributed by atoms with Gasteiger partial charge in [-0.1, -0.05) is 19.1 Å². The predicted molar refractivity (Wildman–Crippen MR) is 176 cm³/mol. The van der Waals surface area contributed by atoms with Crippen molar-refractivity contribution in [1.82, 2.24) is 25.5 Å². The van der Waals surface area contributed by atoms with Gasteiger partial charge in [0.25, 0.3) is 0 Å². The summed E-state index contributed by atoms with van der Waals surface area (Å²) in [5.41, 5.74) is 1.69. The highest BCUT2D eigenvalue weighted by Gasteiger charge is 2.37. The number of amides is 3. The van der Waals surface area contributed by atoms with Crippen LogP contribution in [0.5, 0.6) is 0 Å². The van der Waals surface area contributed by atoms with Crippen LogP contribution in [-0.2, 0) is 17.4 Å². The van der Waals surface area contributed by atoms with Gasteiger partial charge in [0.05, 0.1) is 11.6 Å². The molecule has 3 aliphatic rings. The molecule has 0 unspecified atom stereocenters. The van der Waals surface area contributed by atoms with Gasteiger partial charge in [-0.15, -0.1) is 0 Å². The highest BCUT2D eigenvalue weighted by molar-refractivity contribution is 5.74. The van der Waals surface area contributed by atoms with Crippen LogP contribution < -0.4 is 20.4 Å². The summed E-state index contributed by atoms with van der Waals surface area (Å²) < 4.78 is 40.3. The average molecular weight is 673 g/mol. The summed E-state index contributed by atoms with van der Waals surface area (Å²) in [6.07, 6.45) is 2.96. The van der Waals surface area contributed by atoms with E-state index >= 15 is 0 Å². The number of anilines is 2. The number of aromatic nitrogens is 2. The summed E-state index contributed by atoms with van der Waals surface area (Å²) in [6, 6.07) is 11.0. The number of nitriles is 1. The monoisotopic (exact) mass is 672 g/mol. The number of aliphatic hydroxyl groups is 1. The molecule has 1 aromatic heterocycles. The molecule has 262 valence electrons. The highest BCUT2D eigenvalue weighted by Crippen LogP contribution is 2.33. The number of rotatable bonds is 10. The van der Waals surface area contributed by atoms with Crippen molar-refractivity contribution < 1.29 is 27.9 Å². The molecule has 3 amide bonds. The quantitative estimate of drug-likeness (QED) is 0.250. The largest absolute Gasteiger partial charge is 0.451 e. The Kier molecular flexibility index (Phi) is 13.3. The van der Waals surface area contributed by atoms with Crippen molar-refractivity contribution in [2.75, 3.05) is 68.8 Å². The van der Waals surface area contributed by atoms with E-state index in [1.165, 1.54) is 0 Å². The number of urea groups is 1. The van der Waals surface area contributed by atoms with Gasteiger partial charge in [0.15, 0.2) is 0 Å². The van der Waals surface area contributed by atoms with Gasteiger partial charge < -0.3 is 30.4 Å². The minimum atomic E-state index is -4.58. The SMILES string of the molecule is CC1(CO)CCN(C(=O)NCCC2CCN(c3cc(N4CCCC4)nc(C(F)(F)F)n3)CC2)CC1.N#Cc1ccc(CCNC=O)cc1. The third-order valence-electron chi connectivity index (χ3n) is 9.51. The number of piperidine rings is 2. The fourth-order valence-electron chi connectivity index (χ4n) is 6.19. The summed E-state index contributed by atoms with van der Waals surface area (Å²) >= 11 is 0. The van der Waals surface area contributed by atoms with Crippen molar-refractivity contribution in [2.45, 2.75) is 64.5 Å². The number of hydrogen-bond acceptors (Lipinski definition) is 8. The number of carbonyl (C=O) groups is 2. The molecule has 3 fully saturated rings. The Morgan fingerprint density at radius 1 is 1.02 bits per heavy atom. The van der Waals surface area contributed by atoms with E-state index < -0.39 is 12.0 Å². The van der Waals surface area contributed by atoms with Gasteiger partial charge >= 0.3 is 12.2 Å². The standard InChI is InChI=1S/C24H37F3N6O2.C10H10N2O/c1-23(17-34)7-14-33(15-8-23)22(35)28-9-4-18-5-12-32(13-6-18)20-16-19(31-10-2-3-11-31)29-21(30-20)24(25,26)27;11-7-10-3-1-9(2-4-10)5-6-12-8-13/h16,18,34H,2-15,17H2,1H3,(H,28,35);1-4,8H,5-6H2,(H,12,13). The van der Waals surface area contributed by atoms with E-state index in [4.69, 9.17) is 5.26 Å². The lowest BCUT2D eigenvalue weighted by Crippen LogP contribution is -2.48. The summed E-state index contributed by atoms with van der Waals surface area (Å²) in [5, 5.41) is 23.6. The summed E-state index contributed by atoms with van der Waals surface area (Å²) in [4.78, 5) is 35.7. The normalized spacial score (nSPS) is 18.0. The topological polar surface area (TPSA) is 138 Å². The van der Waals surface area contributed by atoms with Gasteiger partial charge in [0, 0.05) is 65.0 Å². The zero-order chi connectivity index (χ0) is 34.6. The van der Waals surface area contributed by atoms with Gasteiger partial charge in [0.2, 0.25) is 12.2 Å². The van der Waals surface area contributed by atoms with Gasteiger partial charge in [-0.3, -0.25) is 4.79 Å². The lowest BCUT2D eigenvalue weighted by atomic mass is 9.81. The van der Waals surface area contributed by atoms with Crippen LogP contribution in [-0.4, -0.2) is 91.4 Å². The van der Waals surface area contributed by atoms with Crippen LogP contribution in [0.3, 0.4) is 0 Å². The Balaban J connectivity index is 0.000000336. The molecule has 0 atom stereocenters. The third kappa shape index (κ3) is 10.7. The first-order valence-corrected chi connectivity index (χ1v) is 16.8. The molecule has 1 aromatic carbocycles.